The molecule has 0 radical (unpaired) electrons. The zero-order valence-electron chi connectivity index (χ0n) is 26.2. The Hall–Kier alpha value is -3.79. The lowest BCUT2D eigenvalue weighted by Crippen LogP contribution is -2.50. The van der Waals surface area contributed by atoms with Gasteiger partial charge < -0.3 is 23.4 Å². The van der Waals surface area contributed by atoms with Crippen molar-refractivity contribution in [3.8, 4) is 0 Å². The summed E-state index contributed by atoms with van der Waals surface area (Å²) in [4.78, 5) is 39.8. The summed E-state index contributed by atoms with van der Waals surface area (Å²) in [6, 6.07) is 25.4. The summed E-state index contributed by atoms with van der Waals surface area (Å²) in [5, 5.41) is 0. The number of hydrogen-bond donors (Lipinski definition) is 0. The predicted octanol–water partition coefficient (Wildman–Crippen LogP) is 7.21. The van der Waals surface area contributed by atoms with E-state index >= 15 is 0 Å². The molecule has 3 aromatic rings. The third-order valence-electron chi connectivity index (χ3n) is 8.21. The number of hydrogen-bond acceptors (Lipinski definition) is 8. The van der Waals surface area contributed by atoms with E-state index in [2.05, 4.69) is 41.5 Å². The molecule has 1 saturated heterocycles. The van der Waals surface area contributed by atoms with Gasteiger partial charge in [-0.25, -0.2) is 14.4 Å². The van der Waals surface area contributed by atoms with Crippen LogP contribution in [-0.2, 0) is 23.4 Å². The zero-order chi connectivity index (χ0) is 31.9. The first-order valence-corrected chi connectivity index (χ1v) is 17.3. The van der Waals surface area contributed by atoms with Crippen LogP contribution in [0.2, 0.25) is 16.6 Å². The van der Waals surface area contributed by atoms with Crippen LogP contribution in [0, 0.1) is 0 Å². The lowest BCUT2D eigenvalue weighted by Gasteiger charge is -2.42. The van der Waals surface area contributed by atoms with E-state index in [4.69, 9.17) is 23.4 Å². The highest BCUT2D eigenvalue weighted by atomic mass is 28.4. The maximum atomic E-state index is 13.4. The van der Waals surface area contributed by atoms with Gasteiger partial charge in [-0.1, -0.05) is 96.1 Å². The molecule has 4 rings (SSSR count). The molecule has 1 aliphatic heterocycles. The predicted molar refractivity (Wildman–Crippen MR) is 169 cm³/mol. The molecule has 3 aromatic carbocycles. The summed E-state index contributed by atoms with van der Waals surface area (Å²) in [5.41, 5.74) is 1.76. The van der Waals surface area contributed by atoms with Gasteiger partial charge in [-0.3, -0.25) is 0 Å². The average Bonchev–Trinajstić information content (AvgIpc) is 3.32. The van der Waals surface area contributed by atoms with Gasteiger partial charge >= 0.3 is 17.9 Å². The van der Waals surface area contributed by atoms with Crippen molar-refractivity contribution in [2.24, 2.45) is 0 Å². The van der Waals surface area contributed by atoms with E-state index in [9.17, 15) is 14.4 Å². The second-order valence-electron chi connectivity index (χ2n) is 11.9. The Morgan fingerprint density at radius 2 is 0.955 bits per heavy atom. The van der Waals surface area contributed by atoms with E-state index in [0.29, 0.717) is 16.7 Å². The van der Waals surface area contributed by atoms with Gasteiger partial charge in [0.05, 0.1) is 23.3 Å². The lowest BCUT2D eigenvalue weighted by atomic mass is 10.1. The molecular formula is C35H42O8Si. The van der Waals surface area contributed by atoms with Gasteiger partial charge in [0.1, 0.15) is 6.10 Å². The Kier molecular flexibility index (Phi) is 11.1. The minimum atomic E-state index is -2.38. The minimum Gasteiger partial charge on any atom is -0.452 e. The van der Waals surface area contributed by atoms with Gasteiger partial charge in [0.25, 0.3) is 0 Å². The highest BCUT2D eigenvalue weighted by molar-refractivity contribution is 6.77. The fourth-order valence-electron chi connectivity index (χ4n) is 6.19. The van der Waals surface area contributed by atoms with Crippen molar-refractivity contribution in [1.29, 1.82) is 0 Å². The summed E-state index contributed by atoms with van der Waals surface area (Å²) in [6.45, 7) is 13.1. The first-order valence-electron chi connectivity index (χ1n) is 15.1. The first kappa shape index (κ1) is 33.1. The Morgan fingerprint density at radius 1 is 0.591 bits per heavy atom. The third-order valence-corrected chi connectivity index (χ3v) is 14.3. The standard InChI is InChI=1S/C35H42O8Si/c1-23(2)44(24(3)4,25(5)6)39-22-29-30(41-32(36)26-16-10-7-11-17-26)31(42-33(37)27-18-12-8-13-19-27)35(40-29)43-34(38)28-20-14-9-15-21-28/h7-21,23-25,29-31,35H,22H2,1-6H3/t29-,30-,31-,35+/m0/s1. The zero-order valence-corrected chi connectivity index (χ0v) is 27.2. The quantitative estimate of drug-likeness (QED) is 0.119. The van der Waals surface area contributed by atoms with Crippen LogP contribution in [0.5, 0.6) is 0 Å². The molecule has 0 aliphatic carbocycles. The van der Waals surface area contributed by atoms with Crippen LogP contribution in [0.1, 0.15) is 72.6 Å². The van der Waals surface area contributed by atoms with Gasteiger partial charge in [0.15, 0.2) is 14.4 Å². The Labute approximate surface area is 260 Å². The summed E-state index contributed by atoms with van der Waals surface area (Å²) in [7, 11) is -2.38. The normalized spacial score (nSPS) is 20.1. The summed E-state index contributed by atoms with van der Waals surface area (Å²) in [5.74, 6) is -1.96. The Bertz CT molecular complexity index is 1360. The molecule has 234 valence electrons. The van der Waals surface area contributed by atoms with Crippen LogP contribution >= 0.6 is 0 Å². The first-order chi connectivity index (χ1) is 21.0. The van der Waals surface area contributed by atoms with E-state index in [0.717, 1.165) is 0 Å². The van der Waals surface area contributed by atoms with Gasteiger partial charge in [-0.2, -0.15) is 0 Å². The van der Waals surface area contributed by atoms with Crippen LogP contribution in [-0.4, -0.2) is 57.4 Å². The third kappa shape index (κ3) is 7.46. The highest BCUT2D eigenvalue weighted by Gasteiger charge is 2.54. The smallest absolute Gasteiger partial charge is 0.340 e. The second-order valence-corrected chi connectivity index (χ2v) is 17.4. The maximum Gasteiger partial charge on any atom is 0.340 e. The largest absolute Gasteiger partial charge is 0.452 e. The van der Waals surface area contributed by atoms with Gasteiger partial charge in [-0.15, -0.1) is 0 Å². The van der Waals surface area contributed by atoms with Crippen LogP contribution < -0.4 is 0 Å². The van der Waals surface area contributed by atoms with Crippen LogP contribution in [0.3, 0.4) is 0 Å². The summed E-state index contributed by atoms with van der Waals surface area (Å²) >= 11 is 0. The van der Waals surface area contributed by atoms with E-state index in [1.165, 1.54) is 0 Å². The number of carbonyl (C=O) groups excluding carboxylic acids is 3. The second kappa shape index (κ2) is 14.8. The molecule has 1 aliphatic rings. The lowest BCUT2D eigenvalue weighted by molar-refractivity contribution is -0.140. The number of rotatable bonds is 12. The van der Waals surface area contributed by atoms with Crippen LogP contribution in [0.15, 0.2) is 91.0 Å². The molecule has 44 heavy (non-hydrogen) atoms. The molecule has 0 bridgehead atoms. The maximum absolute atomic E-state index is 13.4. The molecule has 0 amide bonds. The Balaban J connectivity index is 1.70. The molecule has 0 aromatic heterocycles. The van der Waals surface area contributed by atoms with Crippen molar-refractivity contribution in [3.63, 3.8) is 0 Å². The fourth-order valence-corrected chi connectivity index (χ4v) is 11.6. The van der Waals surface area contributed by atoms with Crippen molar-refractivity contribution in [1.82, 2.24) is 0 Å². The molecule has 1 fully saturated rings. The van der Waals surface area contributed by atoms with Crippen molar-refractivity contribution < 1.29 is 37.8 Å². The number of carbonyl (C=O) groups is 3. The number of benzene rings is 3. The Morgan fingerprint density at radius 3 is 1.34 bits per heavy atom. The molecule has 0 spiro atoms. The number of esters is 3. The molecular weight excluding hydrogens is 576 g/mol. The average molecular weight is 619 g/mol. The van der Waals surface area contributed by atoms with E-state index in [1.807, 2.05) is 0 Å². The van der Waals surface area contributed by atoms with Crippen LogP contribution in [0.4, 0.5) is 0 Å². The minimum absolute atomic E-state index is 0.0618. The molecule has 0 saturated carbocycles. The van der Waals surface area contributed by atoms with Gasteiger partial charge in [0.2, 0.25) is 12.4 Å². The topological polar surface area (TPSA) is 97.4 Å². The summed E-state index contributed by atoms with van der Waals surface area (Å²) < 4.78 is 30.9. The highest BCUT2D eigenvalue weighted by Crippen LogP contribution is 2.43. The summed E-state index contributed by atoms with van der Waals surface area (Å²) in [6.07, 6.45) is -4.62. The molecule has 9 heteroatoms. The molecule has 8 nitrogen and oxygen atoms in total. The van der Waals surface area contributed by atoms with E-state index in [1.54, 1.807) is 91.0 Å². The van der Waals surface area contributed by atoms with Crippen molar-refractivity contribution in [2.45, 2.75) is 82.8 Å². The number of ether oxygens (including phenoxy) is 4. The van der Waals surface area contributed by atoms with Crippen molar-refractivity contribution in [3.05, 3.63) is 108 Å². The molecule has 4 atom stereocenters. The van der Waals surface area contributed by atoms with Gasteiger partial charge in [-0.05, 0) is 53.0 Å². The fraction of sp³-hybridized carbons (Fsp3) is 0.400. The molecule has 0 N–H and O–H groups in total. The molecule has 0 unspecified atom stereocenters. The van der Waals surface area contributed by atoms with Crippen molar-refractivity contribution >= 4 is 26.2 Å². The molecule has 1 heterocycles. The van der Waals surface area contributed by atoms with Gasteiger partial charge in [0, 0.05) is 0 Å². The monoisotopic (exact) mass is 618 g/mol. The van der Waals surface area contributed by atoms with E-state index in [-0.39, 0.29) is 23.2 Å². The van der Waals surface area contributed by atoms with E-state index < -0.39 is 50.8 Å². The van der Waals surface area contributed by atoms with Crippen LogP contribution in [0.25, 0.3) is 0 Å². The van der Waals surface area contributed by atoms with Crippen molar-refractivity contribution in [2.75, 3.05) is 6.61 Å². The SMILES string of the molecule is CC(C)[Si](OC[C@@H]1O[C@H](OC(=O)c2ccccc2)[C@@H](OC(=O)c2ccccc2)[C@H]1OC(=O)c1ccccc1)(C(C)C)C(C)C.